The van der Waals surface area contributed by atoms with Gasteiger partial charge in [0.05, 0.1) is 0 Å². The first-order valence-electron chi connectivity index (χ1n) is 7.19. The van der Waals surface area contributed by atoms with Crippen LogP contribution in [0.2, 0.25) is 0 Å². The van der Waals surface area contributed by atoms with Gasteiger partial charge in [-0.25, -0.2) is 4.79 Å². The topological polar surface area (TPSA) is 74.7 Å². The van der Waals surface area contributed by atoms with E-state index in [2.05, 4.69) is 0 Å². The molecule has 0 spiro atoms. The summed E-state index contributed by atoms with van der Waals surface area (Å²) in [5, 5.41) is 9.38. The number of thioether (sulfide) groups is 1. The van der Waals surface area contributed by atoms with Crippen LogP contribution in [0, 0.1) is 5.92 Å². The van der Waals surface area contributed by atoms with Crippen LogP contribution in [0.25, 0.3) is 0 Å². The van der Waals surface area contributed by atoms with E-state index in [-0.39, 0.29) is 11.0 Å². The molecule has 1 aromatic carbocycles. The molecule has 0 saturated heterocycles. The van der Waals surface area contributed by atoms with Crippen molar-refractivity contribution in [1.82, 2.24) is 0 Å². The Labute approximate surface area is 133 Å². The third-order valence-corrected chi connectivity index (χ3v) is 4.80. The highest BCUT2D eigenvalue weighted by Gasteiger charge is 2.37. The Morgan fingerprint density at radius 2 is 2.05 bits per heavy atom. The Balaban J connectivity index is 2.29. The maximum atomic E-state index is 12.7. The molecule has 5 nitrogen and oxygen atoms in total. The maximum absolute atomic E-state index is 12.7. The lowest BCUT2D eigenvalue weighted by atomic mass is 9.94. The van der Waals surface area contributed by atoms with E-state index in [0.29, 0.717) is 24.3 Å². The van der Waals surface area contributed by atoms with E-state index in [0.717, 1.165) is 17.3 Å². The van der Waals surface area contributed by atoms with Gasteiger partial charge < -0.3 is 5.11 Å². The number of carboxylic acids is 1. The fourth-order valence-electron chi connectivity index (χ4n) is 2.60. The van der Waals surface area contributed by atoms with Crippen LogP contribution < -0.4 is 4.90 Å². The molecule has 0 radical (unpaired) electrons. The Kier molecular flexibility index (Phi) is 5.24. The van der Waals surface area contributed by atoms with E-state index in [4.69, 9.17) is 0 Å². The number of carbonyl (C=O) groups is 3. The first-order chi connectivity index (χ1) is 10.4. The van der Waals surface area contributed by atoms with Gasteiger partial charge in [0.1, 0.15) is 6.04 Å². The Bertz CT molecular complexity index is 602. The van der Waals surface area contributed by atoms with E-state index in [1.807, 2.05) is 12.1 Å². The molecule has 0 aliphatic carbocycles. The van der Waals surface area contributed by atoms with E-state index >= 15 is 0 Å². The summed E-state index contributed by atoms with van der Waals surface area (Å²) in [7, 11) is 0. The van der Waals surface area contributed by atoms with Gasteiger partial charge in [-0.2, -0.15) is 0 Å². The van der Waals surface area contributed by atoms with Crippen LogP contribution in [0.1, 0.15) is 25.8 Å². The second-order valence-corrected chi connectivity index (χ2v) is 6.63. The average Bonchev–Trinajstić information content (AvgIpc) is 2.50. The SMILES string of the molecule is CC(=O)SCC(C)C(=O)N1c2ccccc2CCC1C(=O)O. The number of hydrogen-bond acceptors (Lipinski definition) is 4. The molecule has 1 aromatic rings. The van der Waals surface area contributed by atoms with E-state index in [1.54, 1.807) is 19.1 Å². The molecule has 1 heterocycles. The molecule has 1 aliphatic heterocycles. The summed E-state index contributed by atoms with van der Waals surface area (Å²) < 4.78 is 0. The van der Waals surface area contributed by atoms with E-state index < -0.39 is 17.9 Å². The van der Waals surface area contributed by atoms with Gasteiger partial charge in [0.15, 0.2) is 5.12 Å². The van der Waals surface area contributed by atoms with Crippen LogP contribution in [0.5, 0.6) is 0 Å². The van der Waals surface area contributed by atoms with Crippen molar-refractivity contribution in [3.05, 3.63) is 29.8 Å². The predicted octanol–water partition coefficient (Wildman–Crippen LogP) is 2.33. The van der Waals surface area contributed by atoms with Gasteiger partial charge in [-0.15, -0.1) is 0 Å². The molecular weight excluding hydrogens is 302 g/mol. The van der Waals surface area contributed by atoms with Crippen LogP contribution in [0.3, 0.4) is 0 Å². The number of amides is 1. The van der Waals surface area contributed by atoms with E-state index in [1.165, 1.54) is 11.8 Å². The van der Waals surface area contributed by atoms with Crippen molar-refractivity contribution in [1.29, 1.82) is 0 Å². The molecule has 1 aliphatic rings. The number of anilines is 1. The van der Waals surface area contributed by atoms with Gasteiger partial charge in [0.25, 0.3) is 0 Å². The zero-order valence-electron chi connectivity index (χ0n) is 12.6. The monoisotopic (exact) mass is 321 g/mol. The van der Waals surface area contributed by atoms with Gasteiger partial charge in [-0.3, -0.25) is 14.5 Å². The van der Waals surface area contributed by atoms with Crippen LogP contribution in [-0.2, 0) is 20.8 Å². The number of carbonyl (C=O) groups excluding carboxylic acids is 2. The van der Waals surface area contributed by atoms with Crippen LogP contribution >= 0.6 is 11.8 Å². The van der Waals surface area contributed by atoms with Crippen LogP contribution in [0.4, 0.5) is 5.69 Å². The van der Waals surface area contributed by atoms with Crippen molar-refractivity contribution < 1.29 is 19.5 Å². The summed E-state index contributed by atoms with van der Waals surface area (Å²) in [4.78, 5) is 36.7. The molecule has 0 aromatic heterocycles. The molecule has 118 valence electrons. The molecule has 2 atom stereocenters. The Hall–Kier alpha value is -1.82. The number of rotatable bonds is 4. The molecule has 22 heavy (non-hydrogen) atoms. The quantitative estimate of drug-likeness (QED) is 0.921. The number of aryl methyl sites for hydroxylation is 1. The van der Waals surface area contributed by atoms with Crippen molar-refractivity contribution in [3.63, 3.8) is 0 Å². The number of carboxylic acid groups (broad SMARTS) is 1. The fourth-order valence-corrected chi connectivity index (χ4v) is 3.23. The number of fused-ring (bicyclic) bond motifs is 1. The highest BCUT2D eigenvalue weighted by atomic mass is 32.2. The minimum atomic E-state index is -0.991. The lowest BCUT2D eigenvalue weighted by Crippen LogP contribution is -2.50. The van der Waals surface area contributed by atoms with Crippen molar-refractivity contribution in [3.8, 4) is 0 Å². The van der Waals surface area contributed by atoms with Gasteiger partial charge in [0.2, 0.25) is 5.91 Å². The predicted molar refractivity (Wildman–Crippen MR) is 86.0 cm³/mol. The number of hydrogen-bond donors (Lipinski definition) is 1. The molecule has 2 unspecified atom stereocenters. The summed E-state index contributed by atoms with van der Waals surface area (Å²) in [6, 6.07) is 6.55. The highest BCUT2D eigenvalue weighted by molar-refractivity contribution is 8.13. The Morgan fingerprint density at radius 1 is 1.36 bits per heavy atom. The third-order valence-electron chi connectivity index (χ3n) is 3.73. The van der Waals surface area contributed by atoms with Crippen molar-refractivity contribution in [2.24, 2.45) is 5.92 Å². The smallest absolute Gasteiger partial charge is 0.326 e. The van der Waals surface area contributed by atoms with Gasteiger partial charge in [0, 0.05) is 24.3 Å². The molecule has 2 rings (SSSR count). The zero-order chi connectivity index (χ0) is 16.3. The van der Waals surface area contributed by atoms with Crippen molar-refractivity contribution in [2.45, 2.75) is 32.7 Å². The summed E-state index contributed by atoms with van der Waals surface area (Å²) in [6.45, 7) is 3.19. The molecule has 6 heteroatoms. The molecule has 0 saturated carbocycles. The van der Waals surface area contributed by atoms with Crippen molar-refractivity contribution >= 4 is 34.4 Å². The minimum Gasteiger partial charge on any atom is -0.480 e. The van der Waals surface area contributed by atoms with Crippen molar-refractivity contribution in [2.75, 3.05) is 10.7 Å². The van der Waals surface area contributed by atoms with Gasteiger partial charge in [-0.1, -0.05) is 36.9 Å². The lowest BCUT2D eigenvalue weighted by molar-refractivity contribution is -0.140. The average molecular weight is 321 g/mol. The summed E-state index contributed by atoms with van der Waals surface area (Å²) in [5.74, 6) is -1.29. The summed E-state index contributed by atoms with van der Waals surface area (Å²) in [6.07, 6.45) is 1.05. The van der Waals surface area contributed by atoms with Gasteiger partial charge >= 0.3 is 5.97 Å². The molecule has 0 bridgehead atoms. The highest BCUT2D eigenvalue weighted by Crippen LogP contribution is 2.32. The fraction of sp³-hybridized carbons (Fsp3) is 0.438. The third kappa shape index (κ3) is 3.50. The molecule has 0 fully saturated rings. The summed E-state index contributed by atoms with van der Waals surface area (Å²) in [5.41, 5.74) is 1.66. The minimum absolute atomic E-state index is 0.0477. The first-order valence-corrected chi connectivity index (χ1v) is 8.17. The number of aliphatic carboxylic acids is 1. The standard InChI is InChI=1S/C16H19NO4S/c1-10(9-22-11(2)18)15(19)17-13-6-4-3-5-12(13)7-8-14(17)16(20)21/h3-6,10,14H,7-9H2,1-2H3,(H,20,21). The first kappa shape index (κ1) is 16.5. The number of para-hydroxylation sites is 1. The number of nitrogens with zero attached hydrogens (tertiary/aromatic N) is 1. The lowest BCUT2D eigenvalue weighted by Gasteiger charge is -2.36. The van der Waals surface area contributed by atoms with E-state index in [9.17, 15) is 19.5 Å². The van der Waals surface area contributed by atoms with Crippen LogP contribution in [-0.4, -0.2) is 33.9 Å². The maximum Gasteiger partial charge on any atom is 0.326 e. The van der Waals surface area contributed by atoms with Gasteiger partial charge in [-0.05, 0) is 24.5 Å². The number of benzene rings is 1. The molecule has 1 N–H and O–H groups in total. The normalized spacial score (nSPS) is 18.5. The molecule has 1 amide bonds. The summed E-state index contributed by atoms with van der Waals surface area (Å²) >= 11 is 1.09. The Morgan fingerprint density at radius 3 is 2.68 bits per heavy atom. The zero-order valence-corrected chi connectivity index (χ0v) is 13.4. The van der Waals surface area contributed by atoms with Crippen LogP contribution in [0.15, 0.2) is 24.3 Å². The second kappa shape index (κ2) is 6.96. The largest absolute Gasteiger partial charge is 0.480 e. The molecular formula is C16H19NO4S. The second-order valence-electron chi connectivity index (χ2n) is 5.43.